The van der Waals surface area contributed by atoms with Gasteiger partial charge in [-0.05, 0) is 57.2 Å². The summed E-state index contributed by atoms with van der Waals surface area (Å²) in [6, 6.07) is 1.55. The SMILES string of the molecule is CCOC1(C(NC)c2cncc(F)c2)CCC(C)CC1. The van der Waals surface area contributed by atoms with Crippen LogP contribution in [0.25, 0.3) is 0 Å². The van der Waals surface area contributed by atoms with Crippen LogP contribution in [0.1, 0.15) is 51.1 Å². The van der Waals surface area contributed by atoms with Gasteiger partial charge in [-0.3, -0.25) is 4.98 Å². The fourth-order valence-electron chi connectivity index (χ4n) is 3.37. The van der Waals surface area contributed by atoms with Crippen LogP contribution in [-0.4, -0.2) is 24.2 Å². The molecule has 1 heterocycles. The van der Waals surface area contributed by atoms with E-state index in [1.165, 1.54) is 6.20 Å². The van der Waals surface area contributed by atoms with Gasteiger partial charge >= 0.3 is 0 Å². The minimum absolute atomic E-state index is 0.0156. The maximum absolute atomic E-state index is 13.5. The Morgan fingerprint density at radius 3 is 2.70 bits per heavy atom. The topological polar surface area (TPSA) is 34.1 Å². The van der Waals surface area contributed by atoms with Crippen molar-refractivity contribution in [1.29, 1.82) is 0 Å². The van der Waals surface area contributed by atoms with Gasteiger partial charge in [0.05, 0.1) is 17.8 Å². The lowest BCUT2D eigenvalue weighted by Gasteiger charge is -2.44. The molecule has 1 N–H and O–H groups in total. The number of pyridine rings is 1. The highest BCUT2D eigenvalue weighted by molar-refractivity contribution is 5.20. The van der Waals surface area contributed by atoms with E-state index in [2.05, 4.69) is 17.2 Å². The van der Waals surface area contributed by atoms with Gasteiger partial charge in [0.25, 0.3) is 0 Å². The third-order valence-electron chi connectivity index (χ3n) is 4.43. The first kappa shape index (κ1) is 15.4. The van der Waals surface area contributed by atoms with E-state index < -0.39 is 0 Å². The third-order valence-corrected chi connectivity index (χ3v) is 4.43. The summed E-state index contributed by atoms with van der Waals surface area (Å²) >= 11 is 0. The highest BCUT2D eigenvalue weighted by atomic mass is 19.1. The first-order chi connectivity index (χ1) is 9.61. The first-order valence-electron chi connectivity index (χ1n) is 7.53. The van der Waals surface area contributed by atoms with Crippen LogP contribution in [0, 0.1) is 11.7 Å². The van der Waals surface area contributed by atoms with Crippen LogP contribution < -0.4 is 5.32 Å². The van der Waals surface area contributed by atoms with Crippen molar-refractivity contribution >= 4 is 0 Å². The number of nitrogens with zero attached hydrogens (tertiary/aromatic N) is 1. The fraction of sp³-hybridized carbons (Fsp3) is 0.688. The van der Waals surface area contributed by atoms with Crippen LogP contribution in [0.4, 0.5) is 4.39 Å². The molecule has 4 heteroatoms. The van der Waals surface area contributed by atoms with Crippen molar-refractivity contribution in [2.75, 3.05) is 13.7 Å². The highest BCUT2D eigenvalue weighted by Crippen LogP contribution is 2.43. The van der Waals surface area contributed by atoms with E-state index in [0.29, 0.717) is 6.61 Å². The molecule has 0 radical (unpaired) electrons. The van der Waals surface area contributed by atoms with Gasteiger partial charge in [-0.2, -0.15) is 0 Å². The normalized spacial score (nSPS) is 28.3. The second kappa shape index (κ2) is 6.64. The summed E-state index contributed by atoms with van der Waals surface area (Å²) in [6.07, 6.45) is 7.30. The monoisotopic (exact) mass is 280 g/mol. The molecule has 1 aromatic heterocycles. The summed E-state index contributed by atoms with van der Waals surface area (Å²) in [5.41, 5.74) is 0.626. The Hall–Kier alpha value is -1.00. The number of hydrogen-bond acceptors (Lipinski definition) is 3. The Morgan fingerprint density at radius 2 is 2.15 bits per heavy atom. The molecule has 0 bridgehead atoms. The lowest BCUT2D eigenvalue weighted by atomic mass is 9.73. The zero-order chi connectivity index (χ0) is 14.6. The first-order valence-corrected chi connectivity index (χ1v) is 7.53. The molecule has 1 atom stereocenters. The van der Waals surface area contributed by atoms with Crippen LogP contribution in [0.2, 0.25) is 0 Å². The van der Waals surface area contributed by atoms with Gasteiger partial charge in [0.15, 0.2) is 0 Å². The zero-order valence-electron chi connectivity index (χ0n) is 12.7. The van der Waals surface area contributed by atoms with Gasteiger partial charge < -0.3 is 10.1 Å². The zero-order valence-corrected chi connectivity index (χ0v) is 12.7. The summed E-state index contributed by atoms with van der Waals surface area (Å²) in [5.74, 6) is 0.449. The predicted molar refractivity (Wildman–Crippen MR) is 78.0 cm³/mol. The molecule has 1 saturated carbocycles. The number of halogens is 1. The largest absolute Gasteiger partial charge is 0.373 e. The van der Waals surface area contributed by atoms with Crippen molar-refractivity contribution in [2.24, 2.45) is 5.92 Å². The third kappa shape index (κ3) is 3.18. The van der Waals surface area contributed by atoms with E-state index in [1.807, 2.05) is 14.0 Å². The Balaban J connectivity index is 2.30. The Morgan fingerprint density at radius 1 is 1.45 bits per heavy atom. The van der Waals surface area contributed by atoms with Gasteiger partial charge in [-0.25, -0.2) is 4.39 Å². The molecule has 1 unspecified atom stereocenters. The quantitative estimate of drug-likeness (QED) is 0.897. The maximum Gasteiger partial charge on any atom is 0.141 e. The summed E-state index contributed by atoms with van der Waals surface area (Å²) in [7, 11) is 1.91. The second-order valence-electron chi connectivity index (χ2n) is 5.84. The van der Waals surface area contributed by atoms with Gasteiger partial charge in [0.1, 0.15) is 5.82 Å². The minimum atomic E-state index is -0.293. The van der Waals surface area contributed by atoms with E-state index in [1.54, 1.807) is 12.3 Å². The number of rotatable bonds is 5. The van der Waals surface area contributed by atoms with E-state index in [0.717, 1.165) is 37.2 Å². The standard InChI is InChI=1S/C16H25FN2O/c1-4-20-16(7-5-12(2)6-8-16)15(18-3)13-9-14(17)11-19-10-13/h9-12,15,18H,4-8H2,1-3H3. The van der Waals surface area contributed by atoms with Crippen molar-refractivity contribution in [1.82, 2.24) is 10.3 Å². The van der Waals surface area contributed by atoms with E-state index in [4.69, 9.17) is 4.74 Å². The van der Waals surface area contributed by atoms with Crippen molar-refractivity contribution in [3.63, 3.8) is 0 Å². The summed E-state index contributed by atoms with van der Waals surface area (Å²) < 4.78 is 19.6. The van der Waals surface area contributed by atoms with E-state index >= 15 is 0 Å². The molecule has 1 fully saturated rings. The Bertz CT molecular complexity index is 430. The van der Waals surface area contributed by atoms with Crippen molar-refractivity contribution in [3.8, 4) is 0 Å². The Kier molecular flexibility index (Phi) is 5.11. The van der Waals surface area contributed by atoms with Gasteiger partial charge in [-0.15, -0.1) is 0 Å². The molecular formula is C16H25FN2O. The number of aromatic nitrogens is 1. The Labute approximate surface area is 120 Å². The predicted octanol–water partition coefficient (Wildman–Crippen LogP) is 3.47. The van der Waals surface area contributed by atoms with Gasteiger partial charge in [-0.1, -0.05) is 6.92 Å². The molecule has 0 aliphatic heterocycles. The lowest BCUT2D eigenvalue weighted by Crippen LogP contribution is -2.47. The molecule has 20 heavy (non-hydrogen) atoms. The number of likely N-dealkylation sites (N-methyl/N-ethyl adjacent to an activating group) is 1. The molecule has 1 aromatic rings. The molecule has 0 saturated heterocycles. The summed E-state index contributed by atoms with van der Waals surface area (Å²) in [6.45, 7) is 4.99. The van der Waals surface area contributed by atoms with Crippen LogP contribution >= 0.6 is 0 Å². The van der Waals surface area contributed by atoms with Crippen molar-refractivity contribution < 1.29 is 9.13 Å². The van der Waals surface area contributed by atoms with Gasteiger partial charge in [0.2, 0.25) is 0 Å². The van der Waals surface area contributed by atoms with Crippen LogP contribution in [0.3, 0.4) is 0 Å². The van der Waals surface area contributed by atoms with Crippen LogP contribution in [0.15, 0.2) is 18.5 Å². The summed E-state index contributed by atoms with van der Waals surface area (Å²) in [4.78, 5) is 3.98. The van der Waals surface area contributed by atoms with Crippen molar-refractivity contribution in [2.45, 2.75) is 51.2 Å². The number of hydrogen-bond donors (Lipinski definition) is 1. The summed E-state index contributed by atoms with van der Waals surface area (Å²) in [5, 5.41) is 3.32. The molecule has 0 amide bonds. The lowest BCUT2D eigenvalue weighted by molar-refractivity contribution is -0.0963. The van der Waals surface area contributed by atoms with Gasteiger partial charge in [0, 0.05) is 12.8 Å². The molecule has 1 aliphatic carbocycles. The molecular weight excluding hydrogens is 255 g/mol. The maximum atomic E-state index is 13.5. The minimum Gasteiger partial charge on any atom is -0.373 e. The molecule has 112 valence electrons. The number of nitrogens with one attached hydrogen (secondary N) is 1. The number of ether oxygens (including phenoxy) is 1. The molecule has 0 aromatic carbocycles. The second-order valence-corrected chi connectivity index (χ2v) is 5.84. The van der Waals surface area contributed by atoms with Crippen LogP contribution in [-0.2, 0) is 4.74 Å². The van der Waals surface area contributed by atoms with Crippen molar-refractivity contribution in [3.05, 3.63) is 29.8 Å². The fourth-order valence-corrected chi connectivity index (χ4v) is 3.37. The smallest absolute Gasteiger partial charge is 0.141 e. The van der Waals surface area contributed by atoms with Crippen LogP contribution in [0.5, 0.6) is 0 Å². The molecule has 3 nitrogen and oxygen atoms in total. The average Bonchev–Trinajstić information content (AvgIpc) is 2.43. The highest BCUT2D eigenvalue weighted by Gasteiger charge is 2.42. The molecule has 2 rings (SSSR count). The van der Waals surface area contributed by atoms with E-state index in [9.17, 15) is 4.39 Å². The molecule has 0 spiro atoms. The molecule has 1 aliphatic rings. The van der Waals surface area contributed by atoms with E-state index in [-0.39, 0.29) is 17.5 Å². The average molecular weight is 280 g/mol.